The number of hydrogen-bond donors (Lipinski definition) is 1. The molecule has 0 fully saturated rings. The zero-order chi connectivity index (χ0) is 15.9. The van der Waals surface area contributed by atoms with Crippen molar-refractivity contribution in [2.24, 2.45) is 0 Å². The van der Waals surface area contributed by atoms with Gasteiger partial charge in [0.1, 0.15) is 30.3 Å². The topological polar surface area (TPSA) is 55.8 Å². The summed E-state index contributed by atoms with van der Waals surface area (Å²) in [7, 11) is 0. The van der Waals surface area contributed by atoms with E-state index in [0.29, 0.717) is 18.3 Å². The van der Waals surface area contributed by atoms with Crippen LogP contribution in [0.3, 0.4) is 0 Å². The molecule has 2 aromatic carbocycles. The van der Waals surface area contributed by atoms with Crippen LogP contribution in [-0.4, -0.2) is 24.3 Å². The van der Waals surface area contributed by atoms with E-state index in [1.54, 1.807) is 18.2 Å². The molecule has 0 aliphatic heterocycles. The van der Waals surface area contributed by atoms with Crippen LogP contribution in [-0.2, 0) is 0 Å². The lowest BCUT2D eigenvalue weighted by Gasteiger charge is -2.14. The zero-order valence-corrected chi connectivity index (χ0v) is 12.8. The summed E-state index contributed by atoms with van der Waals surface area (Å²) in [5, 5.41) is 9.09. The Morgan fingerprint density at radius 3 is 2.14 bits per heavy atom. The fraction of sp³-hybridized carbons (Fsp3) is 0.278. The third-order valence-corrected chi connectivity index (χ3v) is 3.26. The quantitative estimate of drug-likeness (QED) is 0.786. The van der Waals surface area contributed by atoms with Gasteiger partial charge < -0.3 is 14.6 Å². The number of carboxylic acid groups (broad SMARTS) is 1. The van der Waals surface area contributed by atoms with Crippen LogP contribution in [0.2, 0.25) is 0 Å². The largest absolute Gasteiger partial charge is 0.490 e. The van der Waals surface area contributed by atoms with Crippen molar-refractivity contribution in [3.05, 3.63) is 59.7 Å². The fourth-order valence-electron chi connectivity index (χ4n) is 2.16. The molecule has 22 heavy (non-hydrogen) atoms. The second kappa shape index (κ2) is 7.50. The van der Waals surface area contributed by atoms with Gasteiger partial charge >= 0.3 is 5.97 Å². The minimum Gasteiger partial charge on any atom is -0.490 e. The van der Waals surface area contributed by atoms with Crippen LogP contribution in [0.4, 0.5) is 0 Å². The Balaban J connectivity index is 1.92. The van der Waals surface area contributed by atoms with Gasteiger partial charge in [0.05, 0.1) is 0 Å². The van der Waals surface area contributed by atoms with Gasteiger partial charge in [0.2, 0.25) is 0 Å². The predicted molar refractivity (Wildman–Crippen MR) is 84.9 cm³/mol. The van der Waals surface area contributed by atoms with Gasteiger partial charge in [0.25, 0.3) is 0 Å². The second-order valence-electron chi connectivity index (χ2n) is 5.19. The minimum absolute atomic E-state index is 0.157. The van der Waals surface area contributed by atoms with Crippen molar-refractivity contribution in [1.29, 1.82) is 0 Å². The van der Waals surface area contributed by atoms with E-state index in [1.807, 2.05) is 24.3 Å². The summed E-state index contributed by atoms with van der Waals surface area (Å²) < 4.78 is 11.3. The molecular weight excluding hydrogens is 280 g/mol. The summed E-state index contributed by atoms with van der Waals surface area (Å²) in [4.78, 5) is 11.1. The molecule has 0 bridgehead atoms. The molecule has 0 radical (unpaired) electrons. The number of rotatable bonds is 7. The highest BCUT2D eigenvalue weighted by molar-refractivity contribution is 5.90. The third kappa shape index (κ3) is 4.01. The lowest BCUT2D eigenvalue weighted by atomic mass is 10.0. The van der Waals surface area contributed by atoms with Crippen molar-refractivity contribution in [3.8, 4) is 11.5 Å². The van der Waals surface area contributed by atoms with Gasteiger partial charge in [-0.1, -0.05) is 44.2 Å². The molecule has 2 aromatic rings. The van der Waals surface area contributed by atoms with Crippen LogP contribution in [0.25, 0.3) is 0 Å². The summed E-state index contributed by atoms with van der Waals surface area (Å²) in [6.07, 6.45) is 0. The number of carbonyl (C=O) groups is 1. The van der Waals surface area contributed by atoms with Crippen molar-refractivity contribution < 1.29 is 19.4 Å². The molecular formula is C18H20O4. The first kappa shape index (κ1) is 15.9. The first-order valence-electron chi connectivity index (χ1n) is 7.26. The maximum absolute atomic E-state index is 11.1. The lowest BCUT2D eigenvalue weighted by Crippen LogP contribution is -2.12. The average molecular weight is 300 g/mol. The van der Waals surface area contributed by atoms with Crippen molar-refractivity contribution in [3.63, 3.8) is 0 Å². The molecule has 4 heteroatoms. The highest BCUT2D eigenvalue weighted by atomic mass is 16.5. The average Bonchev–Trinajstić information content (AvgIpc) is 2.52. The molecule has 0 saturated carbocycles. The summed E-state index contributed by atoms with van der Waals surface area (Å²) in [5.41, 5.74) is 1.30. The highest BCUT2D eigenvalue weighted by Gasteiger charge is 2.10. The first-order valence-corrected chi connectivity index (χ1v) is 7.26. The van der Waals surface area contributed by atoms with Crippen LogP contribution in [0.5, 0.6) is 11.5 Å². The molecule has 0 heterocycles. The molecule has 4 nitrogen and oxygen atoms in total. The summed E-state index contributed by atoms with van der Waals surface area (Å²) in [6, 6.07) is 14.5. The van der Waals surface area contributed by atoms with Crippen molar-refractivity contribution >= 4 is 5.97 Å². The number of para-hydroxylation sites is 2. The normalized spacial score (nSPS) is 10.5. The Morgan fingerprint density at radius 1 is 0.955 bits per heavy atom. The second-order valence-corrected chi connectivity index (χ2v) is 5.19. The molecule has 0 amide bonds. The van der Waals surface area contributed by atoms with Gasteiger partial charge in [-0.25, -0.2) is 4.79 Å². The van der Waals surface area contributed by atoms with Gasteiger partial charge in [-0.15, -0.1) is 0 Å². The zero-order valence-electron chi connectivity index (χ0n) is 12.8. The SMILES string of the molecule is CC(C)c1ccccc1OCCOc1ccccc1C(=O)O. The molecule has 0 aliphatic carbocycles. The molecule has 0 spiro atoms. The van der Waals surface area contributed by atoms with E-state index in [-0.39, 0.29) is 12.2 Å². The predicted octanol–water partition coefficient (Wildman–Crippen LogP) is 3.97. The fourth-order valence-corrected chi connectivity index (χ4v) is 2.16. The van der Waals surface area contributed by atoms with Crippen LogP contribution < -0.4 is 9.47 Å². The molecule has 0 aliphatic rings. The van der Waals surface area contributed by atoms with Crippen molar-refractivity contribution in [2.45, 2.75) is 19.8 Å². The number of hydrogen-bond acceptors (Lipinski definition) is 3. The molecule has 1 N–H and O–H groups in total. The number of ether oxygens (including phenoxy) is 2. The van der Waals surface area contributed by atoms with Crippen LogP contribution in [0, 0.1) is 0 Å². The van der Waals surface area contributed by atoms with Gasteiger partial charge in [-0.3, -0.25) is 0 Å². The van der Waals surface area contributed by atoms with Gasteiger partial charge in [0, 0.05) is 0 Å². The van der Waals surface area contributed by atoms with Gasteiger partial charge in [-0.05, 0) is 29.7 Å². The maximum Gasteiger partial charge on any atom is 0.339 e. The van der Waals surface area contributed by atoms with Crippen LogP contribution in [0.15, 0.2) is 48.5 Å². The van der Waals surface area contributed by atoms with E-state index in [2.05, 4.69) is 13.8 Å². The van der Waals surface area contributed by atoms with E-state index in [0.717, 1.165) is 11.3 Å². The van der Waals surface area contributed by atoms with Crippen LogP contribution in [0.1, 0.15) is 35.7 Å². The lowest BCUT2D eigenvalue weighted by molar-refractivity contribution is 0.0691. The molecule has 0 atom stereocenters. The number of benzene rings is 2. The van der Waals surface area contributed by atoms with E-state index >= 15 is 0 Å². The molecule has 0 aromatic heterocycles. The summed E-state index contributed by atoms with van der Waals surface area (Å²) in [6.45, 7) is 4.87. The van der Waals surface area contributed by atoms with E-state index in [1.165, 1.54) is 6.07 Å². The Morgan fingerprint density at radius 2 is 1.50 bits per heavy atom. The van der Waals surface area contributed by atoms with Gasteiger partial charge in [-0.2, -0.15) is 0 Å². The van der Waals surface area contributed by atoms with E-state index < -0.39 is 5.97 Å². The Hall–Kier alpha value is -2.49. The summed E-state index contributed by atoms with van der Waals surface area (Å²) >= 11 is 0. The molecule has 2 rings (SSSR count). The van der Waals surface area contributed by atoms with Gasteiger partial charge in [0.15, 0.2) is 0 Å². The Labute approximate surface area is 130 Å². The Kier molecular flexibility index (Phi) is 5.42. The monoisotopic (exact) mass is 300 g/mol. The third-order valence-electron chi connectivity index (χ3n) is 3.26. The number of aromatic carboxylic acids is 1. The van der Waals surface area contributed by atoms with E-state index in [4.69, 9.17) is 14.6 Å². The van der Waals surface area contributed by atoms with Crippen LogP contribution >= 0.6 is 0 Å². The van der Waals surface area contributed by atoms with E-state index in [9.17, 15) is 4.79 Å². The van der Waals surface area contributed by atoms with Crippen molar-refractivity contribution in [2.75, 3.05) is 13.2 Å². The Bertz CT molecular complexity index is 634. The minimum atomic E-state index is -0.998. The molecule has 0 unspecified atom stereocenters. The maximum atomic E-state index is 11.1. The first-order chi connectivity index (χ1) is 10.6. The highest BCUT2D eigenvalue weighted by Crippen LogP contribution is 2.25. The standard InChI is InChI=1S/C18H20O4/c1-13(2)14-7-3-5-9-16(14)21-11-12-22-17-10-6-4-8-15(17)18(19)20/h3-10,13H,11-12H2,1-2H3,(H,19,20). The molecule has 0 saturated heterocycles. The molecule has 116 valence electrons. The number of carboxylic acids is 1. The summed E-state index contributed by atoms with van der Waals surface area (Å²) in [5.74, 6) is 0.579. The van der Waals surface area contributed by atoms with Crippen molar-refractivity contribution in [1.82, 2.24) is 0 Å². The smallest absolute Gasteiger partial charge is 0.339 e.